The van der Waals surface area contributed by atoms with Gasteiger partial charge in [-0.25, -0.2) is 4.79 Å². The highest BCUT2D eigenvalue weighted by atomic mass is 18.2. The van der Waals surface area contributed by atoms with Crippen molar-refractivity contribution in [1.82, 2.24) is 9.13 Å². The van der Waals surface area contributed by atoms with Gasteiger partial charge in [0.2, 0.25) is 0 Å². The lowest BCUT2D eigenvalue weighted by Gasteiger charge is -2.17. The van der Waals surface area contributed by atoms with E-state index in [1.54, 1.807) is 6.92 Å². The Hall–Kier alpha value is -1.51. The number of halogens is 1. The highest BCUT2D eigenvalue weighted by molar-refractivity contribution is 5.04. The Balaban J connectivity index is 2.19. The van der Waals surface area contributed by atoms with Crippen molar-refractivity contribution < 1.29 is 19.3 Å². The van der Waals surface area contributed by atoms with E-state index in [-0.39, 0.29) is 31.8 Å². The molecule has 0 radical (unpaired) electrons. The number of alkyl halides is 1. The predicted molar refractivity (Wildman–Crippen MR) is 85.8 cm³/mol. The summed E-state index contributed by atoms with van der Waals surface area (Å²) in [5, 5.41) is 19.0. The van der Waals surface area contributed by atoms with Crippen molar-refractivity contribution in [3.05, 3.63) is 32.6 Å². The molecule has 2 N–H and O–H groups in total. The number of nitrogens with zero attached hydrogens (tertiary/aromatic N) is 2. The van der Waals surface area contributed by atoms with Crippen molar-refractivity contribution in [2.24, 2.45) is 0 Å². The molecule has 136 valence electrons. The van der Waals surface area contributed by atoms with E-state index in [4.69, 9.17) is 9.84 Å². The van der Waals surface area contributed by atoms with Gasteiger partial charge in [0.25, 0.3) is 5.56 Å². The summed E-state index contributed by atoms with van der Waals surface area (Å²) in [6.07, 6.45) is 1.89. The number of unbranched alkanes of at least 4 members (excludes halogenated alkanes) is 3. The van der Waals surface area contributed by atoms with E-state index < -0.39 is 24.1 Å². The summed E-state index contributed by atoms with van der Waals surface area (Å²) >= 11 is 0. The van der Waals surface area contributed by atoms with E-state index in [9.17, 15) is 19.1 Å². The van der Waals surface area contributed by atoms with Crippen LogP contribution in [0.15, 0.2) is 15.8 Å². The summed E-state index contributed by atoms with van der Waals surface area (Å²) in [7, 11) is 0. The summed E-state index contributed by atoms with van der Waals surface area (Å²) < 4.78 is 20.0. The lowest BCUT2D eigenvalue weighted by atomic mass is 10.2. The number of aryl methyl sites for hydroxylation is 1. The third kappa shape index (κ3) is 4.12. The fourth-order valence-electron chi connectivity index (χ4n) is 2.93. The fraction of sp³-hybridized carbons (Fsp3) is 0.750. The van der Waals surface area contributed by atoms with Crippen LogP contribution in [0.1, 0.15) is 43.9 Å². The first-order chi connectivity index (χ1) is 11.5. The van der Waals surface area contributed by atoms with E-state index in [1.165, 1.54) is 10.8 Å². The molecule has 1 fully saturated rings. The van der Waals surface area contributed by atoms with Crippen LogP contribution in [-0.2, 0) is 11.3 Å². The first-order valence-corrected chi connectivity index (χ1v) is 8.32. The Labute approximate surface area is 139 Å². The molecule has 1 saturated heterocycles. The van der Waals surface area contributed by atoms with Gasteiger partial charge in [-0.2, -0.15) is 0 Å². The third-order valence-electron chi connectivity index (χ3n) is 4.33. The van der Waals surface area contributed by atoms with Gasteiger partial charge in [-0.05, 0) is 19.8 Å². The molecular formula is C16H25FN2O5. The number of aromatic nitrogens is 2. The van der Waals surface area contributed by atoms with Crippen molar-refractivity contribution in [2.75, 3.05) is 13.3 Å². The molecule has 0 aromatic carbocycles. The Morgan fingerprint density at radius 2 is 2.00 bits per heavy atom. The van der Waals surface area contributed by atoms with E-state index in [0.717, 1.165) is 17.4 Å². The van der Waals surface area contributed by atoms with Crippen LogP contribution in [0.25, 0.3) is 0 Å². The quantitative estimate of drug-likeness (QED) is 0.670. The lowest BCUT2D eigenvalue weighted by Crippen LogP contribution is -2.42. The van der Waals surface area contributed by atoms with Crippen LogP contribution >= 0.6 is 0 Å². The molecule has 0 spiro atoms. The lowest BCUT2D eigenvalue weighted by molar-refractivity contribution is -0.0464. The number of hydrogen-bond donors (Lipinski definition) is 2. The minimum absolute atomic E-state index is 0.180. The van der Waals surface area contributed by atoms with Crippen LogP contribution in [0.4, 0.5) is 4.39 Å². The number of aliphatic hydroxyl groups excluding tert-OH is 2. The maximum absolute atomic E-state index is 12.6. The summed E-state index contributed by atoms with van der Waals surface area (Å²) in [6, 6.07) is 0. The standard InChI is InChI=1S/C16H25FN2O5/c1-11-9-19(14-8-12(21)13(10-20)24-14)16(23)18(15(11)22)7-5-3-2-4-6-17/h9,12-14,20-21H,2-8,10H2,1H3/t12-,13+,14+/m0/s1/i17-1. The van der Waals surface area contributed by atoms with Crippen molar-refractivity contribution in [1.29, 1.82) is 0 Å². The highest BCUT2D eigenvalue weighted by Gasteiger charge is 2.35. The molecule has 8 heteroatoms. The van der Waals surface area contributed by atoms with Crippen molar-refractivity contribution in [2.45, 2.75) is 64.0 Å². The van der Waals surface area contributed by atoms with Gasteiger partial charge in [0.1, 0.15) is 12.3 Å². The monoisotopic (exact) mass is 343 g/mol. The number of hydrogen-bond acceptors (Lipinski definition) is 5. The fourth-order valence-corrected chi connectivity index (χ4v) is 2.93. The van der Waals surface area contributed by atoms with Gasteiger partial charge < -0.3 is 14.9 Å². The summed E-state index contributed by atoms with van der Waals surface area (Å²) in [6.45, 7) is 1.20. The number of ether oxygens (including phenoxy) is 1. The van der Waals surface area contributed by atoms with Gasteiger partial charge in [0.15, 0.2) is 0 Å². The molecule has 3 atom stereocenters. The molecule has 1 aromatic heterocycles. The van der Waals surface area contributed by atoms with E-state index in [2.05, 4.69) is 0 Å². The summed E-state index contributed by atoms with van der Waals surface area (Å²) in [5.41, 5.74) is -0.435. The Morgan fingerprint density at radius 1 is 1.29 bits per heavy atom. The molecule has 0 amide bonds. The topological polar surface area (TPSA) is 93.7 Å². The minimum Gasteiger partial charge on any atom is -0.394 e. The van der Waals surface area contributed by atoms with Crippen molar-refractivity contribution in [3.63, 3.8) is 0 Å². The maximum atomic E-state index is 12.6. The van der Waals surface area contributed by atoms with Crippen LogP contribution in [0.5, 0.6) is 0 Å². The smallest absolute Gasteiger partial charge is 0.333 e. The summed E-state index contributed by atoms with van der Waals surface area (Å²) in [4.78, 5) is 24.8. The summed E-state index contributed by atoms with van der Waals surface area (Å²) in [5.74, 6) is 0. The Morgan fingerprint density at radius 3 is 2.62 bits per heavy atom. The van der Waals surface area contributed by atoms with Crippen LogP contribution in [0.3, 0.4) is 0 Å². The van der Waals surface area contributed by atoms with Crippen LogP contribution in [0.2, 0.25) is 0 Å². The molecule has 0 saturated carbocycles. The molecule has 0 unspecified atom stereocenters. The molecule has 24 heavy (non-hydrogen) atoms. The average molecular weight is 343 g/mol. The SMILES string of the molecule is Cc1cn([C@H]2C[C@H](O)[C@@H](CO)O2)c(=O)n(CCCCCC[18F])c1=O. The van der Waals surface area contributed by atoms with Gasteiger partial charge in [-0.1, -0.05) is 12.8 Å². The molecule has 0 bridgehead atoms. The molecule has 1 aliphatic heterocycles. The largest absolute Gasteiger partial charge is 0.394 e. The normalized spacial score (nSPS) is 23.8. The van der Waals surface area contributed by atoms with Crippen LogP contribution in [-0.4, -0.2) is 44.8 Å². The zero-order chi connectivity index (χ0) is 17.7. The molecule has 7 nitrogen and oxygen atoms in total. The Bertz CT molecular complexity index is 657. The molecule has 0 aliphatic carbocycles. The van der Waals surface area contributed by atoms with Crippen molar-refractivity contribution >= 4 is 0 Å². The zero-order valence-electron chi connectivity index (χ0n) is 13.9. The molecule has 2 rings (SSSR count). The van der Waals surface area contributed by atoms with Gasteiger partial charge in [0.05, 0.1) is 19.4 Å². The molecule has 1 aromatic rings. The predicted octanol–water partition coefficient (Wildman–Crippen LogP) is 0.489. The molecule has 2 heterocycles. The van der Waals surface area contributed by atoms with Gasteiger partial charge in [-0.3, -0.25) is 18.3 Å². The van der Waals surface area contributed by atoms with E-state index in [0.29, 0.717) is 18.4 Å². The molecular weight excluding hydrogens is 318 g/mol. The van der Waals surface area contributed by atoms with Gasteiger partial charge >= 0.3 is 5.69 Å². The third-order valence-corrected chi connectivity index (χ3v) is 4.33. The Kier molecular flexibility index (Phi) is 6.70. The second kappa shape index (κ2) is 8.55. The van der Waals surface area contributed by atoms with E-state index in [1.807, 2.05) is 0 Å². The van der Waals surface area contributed by atoms with Gasteiger partial charge in [-0.15, -0.1) is 0 Å². The van der Waals surface area contributed by atoms with Gasteiger partial charge in [0, 0.05) is 24.7 Å². The molecule has 1 aliphatic rings. The first-order valence-electron chi connectivity index (χ1n) is 8.32. The second-order valence-electron chi connectivity index (χ2n) is 6.18. The maximum Gasteiger partial charge on any atom is 0.333 e. The second-order valence-corrected chi connectivity index (χ2v) is 6.18. The average Bonchev–Trinajstić information content (AvgIpc) is 2.94. The first kappa shape index (κ1) is 18.8. The minimum atomic E-state index is -0.853. The zero-order valence-corrected chi connectivity index (χ0v) is 13.9. The number of aliphatic hydroxyl groups is 2. The number of rotatable bonds is 8. The van der Waals surface area contributed by atoms with Crippen molar-refractivity contribution in [3.8, 4) is 0 Å². The van der Waals surface area contributed by atoms with Crippen LogP contribution in [0, 0.1) is 6.92 Å². The highest BCUT2D eigenvalue weighted by Crippen LogP contribution is 2.27. The van der Waals surface area contributed by atoms with E-state index >= 15 is 0 Å². The van der Waals surface area contributed by atoms with Crippen LogP contribution < -0.4 is 11.2 Å².